The van der Waals surface area contributed by atoms with Crippen molar-refractivity contribution >= 4 is 22.4 Å². The minimum Gasteiger partial charge on any atom is -0.490 e. The Labute approximate surface area is 82.6 Å². The zero-order valence-corrected chi connectivity index (χ0v) is 8.30. The van der Waals surface area contributed by atoms with Crippen LogP contribution in [0.5, 0.6) is 11.5 Å². The van der Waals surface area contributed by atoms with Crippen LogP contribution in [0.3, 0.4) is 0 Å². The fourth-order valence-electron chi connectivity index (χ4n) is 0.874. The molecule has 0 spiro atoms. The van der Waals surface area contributed by atoms with Crippen LogP contribution < -0.4 is 9.47 Å². The molecule has 1 rings (SSSR count). The minimum absolute atomic E-state index is 0.0457. The van der Waals surface area contributed by atoms with Gasteiger partial charge in [-0.2, -0.15) is 0 Å². The number of ether oxygens (including phenoxy) is 2. The van der Waals surface area contributed by atoms with Gasteiger partial charge in [-0.15, -0.1) is 0 Å². The van der Waals surface area contributed by atoms with Crippen LogP contribution in [0, 0.1) is 5.82 Å². The van der Waals surface area contributed by atoms with Crippen LogP contribution in [-0.4, -0.2) is 13.6 Å². The van der Waals surface area contributed by atoms with E-state index in [0.717, 1.165) is 0 Å². The SMILES string of the molecule is COc1c(F)cc(Br)cc1OC=O. The van der Waals surface area contributed by atoms with Crippen molar-refractivity contribution in [2.24, 2.45) is 0 Å². The lowest BCUT2D eigenvalue weighted by Crippen LogP contribution is -1.96. The van der Waals surface area contributed by atoms with Crippen LogP contribution in [0.15, 0.2) is 16.6 Å². The highest BCUT2D eigenvalue weighted by atomic mass is 79.9. The van der Waals surface area contributed by atoms with Crippen molar-refractivity contribution in [2.75, 3.05) is 7.11 Å². The molecule has 0 saturated heterocycles. The molecule has 0 fully saturated rings. The maximum atomic E-state index is 13.1. The molecule has 0 heterocycles. The molecule has 70 valence electrons. The molecule has 1 aromatic rings. The van der Waals surface area contributed by atoms with Crippen LogP contribution in [-0.2, 0) is 4.79 Å². The van der Waals surface area contributed by atoms with E-state index in [0.29, 0.717) is 4.47 Å². The van der Waals surface area contributed by atoms with E-state index in [1.165, 1.54) is 19.2 Å². The van der Waals surface area contributed by atoms with Gasteiger partial charge in [0, 0.05) is 4.47 Å². The molecular weight excluding hydrogens is 243 g/mol. The number of hydrogen-bond acceptors (Lipinski definition) is 3. The molecule has 0 saturated carbocycles. The van der Waals surface area contributed by atoms with Gasteiger partial charge in [-0.25, -0.2) is 4.39 Å². The number of rotatable bonds is 3. The zero-order chi connectivity index (χ0) is 9.84. The standard InChI is InChI=1S/C8H6BrFO3/c1-12-8-6(10)2-5(9)3-7(8)13-4-11/h2-4H,1H3. The van der Waals surface area contributed by atoms with Crippen molar-refractivity contribution in [1.82, 2.24) is 0 Å². The second-order valence-corrected chi connectivity index (χ2v) is 3.05. The van der Waals surface area contributed by atoms with Gasteiger partial charge in [0.25, 0.3) is 6.47 Å². The van der Waals surface area contributed by atoms with E-state index in [4.69, 9.17) is 4.74 Å². The average molecular weight is 249 g/mol. The van der Waals surface area contributed by atoms with Gasteiger partial charge in [-0.3, -0.25) is 4.79 Å². The van der Waals surface area contributed by atoms with Gasteiger partial charge in [0.05, 0.1) is 7.11 Å². The zero-order valence-electron chi connectivity index (χ0n) is 6.71. The molecule has 0 atom stereocenters. The molecule has 0 aromatic heterocycles. The number of benzene rings is 1. The topological polar surface area (TPSA) is 35.5 Å². The number of carbonyl (C=O) groups is 1. The van der Waals surface area contributed by atoms with Crippen molar-refractivity contribution in [3.8, 4) is 11.5 Å². The Hall–Kier alpha value is -1.10. The van der Waals surface area contributed by atoms with Crippen LogP contribution in [0.2, 0.25) is 0 Å². The van der Waals surface area contributed by atoms with E-state index in [2.05, 4.69) is 20.7 Å². The fourth-order valence-corrected chi connectivity index (χ4v) is 1.28. The molecule has 13 heavy (non-hydrogen) atoms. The number of carbonyl (C=O) groups excluding carboxylic acids is 1. The molecule has 0 bridgehead atoms. The lowest BCUT2D eigenvalue weighted by atomic mass is 10.3. The summed E-state index contributed by atoms with van der Waals surface area (Å²) in [5.74, 6) is -0.631. The number of halogens is 2. The van der Waals surface area contributed by atoms with E-state index < -0.39 is 5.82 Å². The predicted octanol–water partition coefficient (Wildman–Crippen LogP) is 2.13. The van der Waals surface area contributed by atoms with Crippen molar-refractivity contribution in [3.63, 3.8) is 0 Å². The summed E-state index contributed by atoms with van der Waals surface area (Å²) in [7, 11) is 1.30. The summed E-state index contributed by atoms with van der Waals surface area (Å²) in [6.07, 6.45) is 0. The Kier molecular flexibility index (Phi) is 3.25. The van der Waals surface area contributed by atoms with Gasteiger partial charge in [0.1, 0.15) is 0 Å². The average Bonchev–Trinajstić information content (AvgIpc) is 2.04. The predicted molar refractivity (Wildman–Crippen MR) is 47.3 cm³/mol. The Balaban J connectivity index is 3.20. The molecular formula is C8H6BrFO3. The molecule has 3 nitrogen and oxygen atoms in total. The maximum absolute atomic E-state index is 13.1. The molecule has 0 amide bonds. The monoisotopic (exact) mass is 248 g/mol. The van der Waals surface area contributed by atoms with Gasteiger partial charge >= 0.3 is 0 Å². The summed E-state index contributed by atoms with van der Waals surface area (Å²) in [4.78, 5) is 10.0. The van der Waals surface area contributed by atoms with Gasteiger partial charge in [-0.1, -0.05) is 15.9 Å². The Morgan fingerprint density at radius 3 is 2.77 bits per heavy atom. The van der Waals surface area contributed by atoms with E-state index in [1.54, 1.807) is 0 Å². The van der Waals surface area contributed by atoms with Crippen LogP contribution in [0.4, 0.5) is 4.39 Å². The number of methoxy groups -OCH3 is 1. The molecule has 0 N–H and O–H groups in total. The first kappa shape index (κ1) is 9.98. The lowest BCUT2D eigenvalue weighted by molar-refractivity contribution is -0.120. The van der Waals surface area contributed by atoms with Crippen LogP contribution >= 0.6 is 15.9 Å². The Morgan fingerprint density at radius 1 is 1.54 bits per heavy atom. The van der Waals surface area contributed by atoms with E-state index >= 15 is 0 Å². The van der Waals surface area contributed by atoms with Gasteiger partial charge in [0.15, 0.2) is 17.3 Å². The third-order valence-corrected chi connectivity index (χ3v) is 1.81. The quantitative estimate of drug-likeness (QED) is 0.770. The van der Waals surface area contributed by atoms with Crippen molar-refractivity contribution in [2.45, 2.75) is 0 Å². The molecule has 0 unspecified atom stereocenters. The van der Waals surface area contributed by atoms with Crippen molar-refractivity contribution < 1.29 is 18.7 Å². The van der Waals surface area contributed by atoms with Crippen LogP contribution in [0.25, 0.3) is 0 Å². The van der Waals surface area contributed by atoms with Crippen molar-refractivity contribution in [3.05, 3.63) is 22.4 Å². The summed E-state index contributed by atoms with van der Waals surface area (Å²) in [5, 5.41) is 0. The smallest absolute Gasteiger partial charge is 0.298 e. The minimum atomic E-state index is -0.589. The molecule has 1 aromatic carbocycles. The fraction of sp³-hybridized carbons (Fsp3) is 0.125. The summed E-state index contributed by atoms with van der Waals surface area (Å²) in [6.45, 7) is 0.212. The van der Waals surface area contributed by atoms with E-state index in [9.17, 15) is 9.18 Å². The summed E-state index contributed by atoms with van der Waals surface area (Å²) >= 11 is 3.05. The highest BCUT2D eigenvalue weighted by molar-refractivity contribution is 9.10. The molecule has 0 aliphatic rings. The third-order valence-electron chi connectivity index (χ3n) is 1.35. The summed E-state index contributed by atoms with van der Waals surface area (Å²) in [5.41, 5.74) is 0. The summed E-state index contributed by atoms with van der Waals surface area (Å²) < 4.78 is 22.8. The maximum Gasteiger partial charge on any atom is 0.298 e. The van der Waals surface area contributed by atoms with Gasteiger partial charge in [0.2, 0.25) is 0 Å². The Morgan fingerprint density at radius 2 is 2.23 bits per heavy atom. The number of hydrogen-bond donors (Lipinski definition) is 0. The molecule has 0 radical (unpaired) electrons. The highest BCUT2D eigenvalue weighted by Gasteiger charge is 2.11. The summed E-state index contributed by atoms with van der Waals surface area (Å²) in [6, 6.07) is 2.66. The highest BCUT2D eigenvalue weighted by Crippen LogP contribution is 2.33. The van der Waals surface area contributed by atoms with E-state index in [-0.39, 0.29) is 18.0 Å². The second kappa shape index (κ2) is 4.23. The molecule has 0 aliphatic carbocycles. The Bertz CT molecular complexity index is 327. The van der Waals surface area contributed by atoms with Crippen molar-refractivity contribution in [1.29, 1.82) is 0 Å². The third kappa shape index (κ3) is 2.18. The first-order valence-corrected chi connectivity index (χ1v) is 4.11. The lowest BCUT2D eigenvalue weighted by Gasteiger charge is -2.07. The van der Waals surface area contributed by atoms with Crippen LogP contribution in [0.1, 0.15) is 0 Å². The first-order valence-electron chi connectivity index (χ1n) is 3.32. The normalized spacial score (nSPS) is 9.46. The largest absolute Gasteiger partial charge is 0.490 e. The second-order valence-electron chi connectivity index (χ2n) is 2.13. The first-order chi connectivity index (χ1) is 6.19. The van der Waals surface area contributed by atoms with Gasteiger partial charge in [-0.05, 0) is 12.1 Å². The molecule has 0 aliphatic heterocycles. The van der Waals surface area contributed by atoms with E-state index in [1.807, 2.05) is 0 Å². The van der Waals surface area contributed by atoms with Gasteiger partial charge < -0.3 is 9.47 Å². The molecule has 5 heteroatoms.